The highest BCUT2D eigenvalue weighted by atomic mass is 16.5. The van der Waals surface area contributed by atoms with Crippen LogP contribution in [0.15, 0.2) is 23.8 Å². The van der Waals surface area contributed by atoms with E-state index in [9.17, 15) is 30.2 Å². The molecule has 1 aliphatic carbocycles. The van der Waals surface area contributed by atoms with Crippen molar-refractivity contribution in [1.82, 2.24) is 0 Å². The summed E-state index contributed by atoms with van der Waals surface area (Å²) in [6.07, 6.45) is 7.33. The fourth-order valence-electron chi connectivity index (χ4n) is 5.97. The summed E-state index contributed by atoms with van der Waals surface area (Å²) in [5, 5.41) is 40.6. The van der Waals surface area contributed by atoms with Gasteiger partial charge in [0, 0.05) is 12.3 Å². The highest BCUT2D eigenvalue weighted by molar-refractivity contribution is 5.72. The highest BCUT2D eigenvalue weighted by Gasteiger charge is 2.39. The number of aliphatic carboxylic acids is 1. The molecule has 0 radical (unpaired) electrons. The van der Waals surface area contributed by atoms with Crippen LogP contribution in [0.4, 0.5) is 0 Å². The summed E-state index contributed by atoms with van der Waals surface area (Å²) < 4.78 is 5.77. The average Bonchev–Trinajstić information content (AvgIpc) is 3.27. The number of carbonyl (C=O) groups is 2. The van der Waals surface area contributed by atoms with Gasteiger partial charge in [0.05, 0.1) is 36.2 Å². The molecule has 1 heterocycles. The summed E-state index contributed by atoms with van der Waals surface area (Å²) in [4.78, 5) is 24.5. The maximum atomic E-state index is 12.7. The summed E-state index contributed by atoms with van der Waals surface area (Å²) in [5.41, 5.74) is 0.282. The second-order valence-corrected chi connectivity index (χ2v) is 11.1. The number of rotatable bonds is 2. The molecule has 1 fully saturated rings. The third-order valence-corrected chi connectivity index (χ3v) is 7.80. The van der Waals surface area contributed by atoms with E-state index in [0.717, 1.165) is 25.7 Å². The molecular formula is C28H43NO6. The van der Waals surface area contributed by atoms with E-state index in [4.69, 9.17) is 4.74 Å². The summed E-state index contributed by atoms with van der Waals surface area (Å²) in [6.45, 7) is 8.16. The largest absolute Gasteiger partial charge is 0.481 e. The number of ether oxygens (including phenoxy) is 1. The number of hydrogen-bond acceptors (Lipinski definition) is 6. The van der Waals surface area contributed by atoms with Crippen molar-refractivity contribution in [3.05, 3.63) is 23.8 Å². The lowest BCUT2D eigenvalue weighted by molar-refractivity contribution is -0.159. The fraction of sp³-hybridized carbons (Fsp3) is 0.750. The van der Waals surface area contributed by atoms with E-state index in [2.05, 4.69) is 19.9 Å². The smallest absolute Gasteiger partial charge is 0.308 e. The van der Waals surface area contributed by atoms with E-state index in [1.54, 1.807) is 18.2 Å². The summed E-state index contributed by atoms with van der Waals surface area (Å²) in [5.74, 6) is -1.77. The molecule has 196 valence electrons. The van der Waals surface area contributed by atoms with Crippen LogP contribution in [0.25, 0.3) is 0 Å². The number of carboxylic acid groups (broad SMARTS) is 1. The first kappa shape index (κ1) is 29.1. The van der Waals surface area contributed by atoms with Gasteiger partial charge in [-0.3, -0.25) is 9.59 Å². The lowest BCUT2D eigenvalue weighted by Gasteiger charge is -2.28. The first-order chi connectivity index (χ1) is 16.5. The number of aliphatic hydroxyl groups excluding tert-OH is 2. The Bertz CT molecular complexity index is 815. The van der Waals surface area contributed by atoms with Gasteiger partial charge in [-0.2, -0.15) is 5.26 Å². The zero-order chi connectivity index (χ0) is 26.1. The van der Waals surface area contributed by atoms with Gasteiger partial charge in [-0.25, -0.2) is 0 Å². The average molecular weight is 490 g/mol. The number of carbonyl (C=O) groups excluding carboxylic acids is 1. The summed E-state index contributed by atoms with van der Waals surface area (Å²) >= 11 is 0. The third-order valence-electron chi connectivity index (χ3n) is 7.80. The Balaban J connectivity index is 2.30. The first-order valence-electron chi connectivity index (χ1n) is 13.1. The van der Waals surface area contributed by atoms with Crippen molar-refractivity contribution in [1.29, 1.82) is 5.26 Å². The molecular weight excluding hydrogens is 446 g/mol. The minimum atomic E-state index is -0.882. The van der Waals surface area contributed by atoms with Crippen molar-refractivity contribution in [3.63, 3.8) is 0 Å². The van der Waals surface area contributed by atoms with E-state index in [1.165, 1.54) is 0 Å². The third kappa shape index (κ3) is 8.77. The van der Waals surface area contributed by atoms with Gasteiger partial charge < -0.3 is 20.1 Å². The predicted molar refractivity (Wildman–Crippen MR) is 133 cm³/mol. The van der Waals surface area contributed by atoms with E-state index < -0.39 is 36.2 Å². The molecule has 1 aliphatic heterocycles. The molecule has 0 aromatic carbocycles. The monoisotopic (exact) mass is 489 g/mol. The van der Waals surface area contributed by atoms with Gasteiger partial charge in [0.2, 0.25) is 0 Å². The van der Waals surface area contributed by atoms with Crippen molar-refractivity contribution in [2.75, 3.05) is 0 Å². The molecule has 35 heavy (non-hydrogen) atoms. The molecule has 0 bridgehead atoms. The van der Waals surface area contributed by atoms with Crippen molar-refractivity contribution >= 4 is 11.9 Å². The molecule has 0 saturated heterocycles. The Morgan fingerprint density at radius 2 is 1.71 bits per heavy atom. The Kier molecular flexibility index (Phi) is 11.5. The molecule has 0 spiro atoms. The summed E-state index contributed by atoms with van der Waals surface area (Å²) in [7, 11) is 0. The van der Waals surface area contributed by atoms with Crippen molar-refractivity contribution in [2.24, 2.45) is 35.5 Å². The van der Waals surface area contributed by atoms with Gasteiger partial charge in [0.15, 0.2) is 0 Å². The van der Waals surface area contributed by atoms with Gasteiger partial charge in [0.25, 0.3) is 0 Å². The van der Waals surface area contributed by atoms with E-state index in [0.29, 0.717) is 31.1 Å². The van der Waals surface area contributed by atoms with Gasteiger partial charge in [-0.15, -0.1) is 0 Å². The van der Waals surface area contributed by atoms with E-state index >= 15 is 0 Å². The maximum Gasteiger partial charge on any atom is 0.308 e. The molecule has 7 nitrogen and oxygen atoms in total. The zero-order valence-electron chi connectivity index (χ0n) is 21.6. The topological polar surface area (TPSA) is 128 Å². The second-order valence-electron chi connectivity index (χ2n) is 11.1. The Morgan fingerprint density at radius 1 is 1.06 bits per heavy atom. The number of aliphatic hydroxyl groups is 2. The molecule has 0 amide bonds. The Hall–Kier alpha value is -2.17. The van der Waals surface area contributed by atoms with E-state index in [1.807, 2.05) is 13.8 Å². The highest BCUT2D eigenvalue weighted by Crippen LogP contribution is 2.37. The second kappa shape index (κ2) is 13.8. The standard InChI is InChI=1S/C28H43NO6/c1-17-12-18(2)14-20(4)27(32)21(16-29)8-5-6-11-25(22-9-7-10-23(22)28(33)34)35-26(31)15-24(30)19(3)13-17/h5-6,8,17-20,22-25,27,30,32H,7,9-15H2,1-4H3,(H,33,34)/b6-5-,21-8+/t17-,18+,19-,20-,22+,23+,24-,25-,27+/m0/s1. The molecule has 0 aromatic heterocycles. The molecule has 9 atom stereocenters. The maximum absolute atomic E-state index is 12.7. The minimum Gasteiger partial charge on any atom is -0.481 e. The molecule has 1 saturated carbocycles. The van der Waals surface area contributed by atoms with Gasteiger partial charge >= 0.3 is 11.9 Å². The van der Waals surface area contributed by atoms with Crippen LogP contribution in [0.2, 0.25) is 0 Å². The summed E-state index contributed by atoms with van der Waals surface area (Å²) in [6, 6.07) is 2.10. The van der Waals surface area contributed by atoms with Crippen molar-refractivity contribution in [2.45, 2.75) is 97.4 Å². The van der Waals surface area contributed by atoms with Gasteiger partial charge in [-0.05, 0) is 61.9 Å². The molecule has 3 N–H and O–H groups in total. The van der Waals surface area contributed by atoms with Crippen LogP contribution >= 0.6 is 0 Å². The van der Waals surface area contributed by atoms with Crippen LogP contribution < -0.4 is 0 Å². The number of nitriles is 1. The van der Waals surface area contributed by atoms with Crippen molar-refractivity contribution in [3.8, 4) is 6.07 Å². The fourth-order valence-corrected chi connectivity index (χ4v) is 5.97. The normalized spacial score (nSPS) is 40.9. The quantitative estimate of drug-likeness (QED) is 0.482. The molecule has 0 aromatic rings. The van der Waals surface area contributed by atoms with Crippen LogP contribution in [-0.2, 0) is 14.3 Å². The molecule has 2 rings (SSSR count). The molecule has 0 unspecified atom stereocenters. The van der Waals surface area contributed by atoms with Crippen LogP contribution in [-0.4, -0.2) is 45.6 Å². The first-order valence-corrected chi connectivity index (χ1v) is 13.1. The number of carboxylic acids is 1. The number of nitrogens with zero attached hydrogens (tertiary/aromatic N) is 1. The van der Waals surface area contributed by atoms with Crippen LogP contribution in [0.3, 0.4) is 0 Å². The number of esters is 1. The minimum absolute atomic E-state index is 0.0816. The lowest BCUT2D eigenvalue weighted by Crippen LogP contribution is -2.34. The van der Waals surface area contributed by atoms with Crippen LogP contribution in [0.1, 0.15) is 79.1 Å². The molecule has 7 heteroatoms. The van der Waals surface area contributed by atoms with Crippen LogP contribution in [0.5, 0.6) is 0 Å². The Morgan fingerprint density at radius 3 is 2.34 bits per heavy atom. The number of cyclic esters (lactones) is 1. The SMILES string of the molecule is C[C@@H]1C[C@H](C)C[C@H](C)[C@@H](O)CC(=O)O[C@H]([C@@H]2CCC[C@H]2C(=O)O)C/C=C\C=C(/C#N)[C@H](O)[C@@H](C)C1. The van der Waals surface area contributed by atoms with E-state index in [-0.39, 0.29) is 29.7 Å². The van der Waals surface area contributed by atoms with Crippen molar-refractivity contribution < 1.29 is 29.6 Å². The Labute approximate surface area is 209 Å². The number of hydrogen-bond donors (Lipinski definition) is 3. The zero-order valence-corrected chi connectivity index (χ0v) is 21.6. The van der Waals surface area contributed by atoms with Gasteiger partial charge in [-0.1, -0.05) is 46.3 Å². The molecule has 2 aliphatic rings. The lowest BCUT2D eigenvalue weighted by atomic mass is 9.82. The van der Waals surface area contributed by atoms with Crippen LogP contribution in [0, 0.1) is 46.8 Å². The number of allylic oxidation sites excluding steroid dienone is 2. The predicted octanol–water partition coefficient (Wildman–Crippen LogP) is 4.64. The van der Waals surface area contributed by atoms with Gasteiger partial charge in [0.1, 0.15) is 6.10 Å².